The van der Waals surface area contributed by atoms with Crippen molar-refractivity contribution in [3.8, 4) is 5.75 Å². The molecule has 146 valence electrons. The largest absolute Gasteiger partial charge is 0.475 e. The van der Waals surface area contributed by atoms with Crippen molar-refractivity contribution in [1.29, 1.82) is 0 Å². The summed E-state index contributed by atoms with van der Waals surface area (Å²) < 4.78 is 10.3. The minimum absolute atomic E-state index is 0.115. The normalized spacial score (nSPS) is 11.0. The lowest BCUT2D eigenvalue weighted by Crippen LogP contribution is -2.41. The maximum Gasteiger partial charge on any atom is 0.345 e. The molecule has 0 fully saturated rings. The molecule has 0 saturated carbocycles. The Kier molecular flexibility index (Phi) is 7.03. The average molecular weight is 387 g/mol. The van der Waals surface area contributed by atoms with E-state index in [0.717, 1.165) is 0 Å². The summed E-state index contributed by atoms with van der Waals surface area (Å²) in [4.78, 5) is 46.1. The molecule has 0 aliphatic rings. The molecule has 0 spiro atoms. The second-order valence-corrected chi connectivity index (χ2v) is 5.36. The van der Waals surface area contributed by atoms with Crippen LogP contribution in [-0.4, -0.2) is 36.5 Å². The Bertz CT molecular complexity index is 870. The molecule has 2 aromatic rings. The van der Waals surface area contributed by atoms with Crippen LogP contribution in [0.1, 0.15) is 11.7 Å². The van der Waals surface area contributed by atoms with Crippen LogP contribution in [0.5, 0.6) is 5.75 Å². The van der Waals surface area contributed by atoms with Crippen LogP contribution in [0.3, 0.4) is 0 Å². The number of nitrogens with zero attached hydrogens (tertiary/aromatic N) is 1. The lowest BCUT2D eigenvalue weighted by Gasteiger charge is -2.17. The number of hydrogen-bond acceptors (Lipinski definition) is 7. The minimum Gasteiger partial charge on any atom is -0.475 e. The lowest BCUT2D eigenvalue weighted by molar-refractivity contribution is -0.385. The highest BCUT2D eigenvalue weighted by molar-refractivity contribution is 5.97. The number of carbonyl (C=O) groups is 3. The number of amides is 3. The number of ether oxygens (including phenoxy) is 2. The summed E-state index contributed by atoms with van der Waals surface area (Å²) in [5.74, 6) is -1.92. The predicted molar refractivity (Wildman–Crippen MR) is 96.5 cm³/mol. The van der Waals surface area contributed by atoms with E-state index in [1.165, 1.54) is 31.3 Å². The molecule has 28 heavy (non-hydrogen) atoms. The van der Waals surface area contributed by atoms with Gasteiger partial charge in [0, 0.05) is 18.7 Å². The first-order chi connectivity index (χ1) is 13.4. The summed E-state index contributed by atoms with van der Waals surface area (Å²) in [5.41, 5.74) is 0.0233. The number of urea groups is 1. The van der Waals surface area contributed by atoms with E-state index >= 15 is 0 Å². The minimum atomic E-state index is -1.40. The van der Waals surface area contributed by atoms with Crippen LogP contribution in [0.4, 0.5) is 10.5 Å². The van der Waals surface area contributed by atoms with Crippen LogP contribution < -0.4 is 15.4 Å². The first kappa shape index (κ1) is 20.4. The number of benzene rings is 2. The maximum absolute atomic E-state index is 12.3. The van der Waals surface area contributed by atoms with E-state index in [0.29, 0.717) is 5.56 Å². The summed E-state index contributed by atoms with van der Waals surface area (Å²) in [6.45, 7) is -0.665. The number of rotatable bonds is 7. The fourth-order valence-electron chi connectivity index (χ4n) is 2.17. The number of nitro benzene ring substituents is 1. The number of esters is 1. The summed E-state index contributed by atoms with van der Waals surface area (Å²) in [6.07, 6.45) is -1.40. The number of nitro groups is 1. The number of carbonyl (C=O) groups excluding carboxylic acids is 3. The Balaban J connectivity index is 2.09. The van der Waals surface area contributed by atoms with Gasteiger partial charge < -0.3 is 14.8 Å². The van der Waals surface area contributed by atoms with E-state index in [2.05, 4.69) is 5.32 Å². The molecular formula is C18H17N3O7. The molecule has 1 atom stereocenters. The van der Waals surface area contributed by atoms with Gasteiger partial charge in [0.25, 0.3) is 5.91 Å². The van der Waals surface area contributed by atoms with Gasteiger partial charge >= 0.3 is 17.7 Å². The molecule has 0 aliphatic heterocycles. The molecule has 2 aromatic carbocycles. The average Bonchev–Trinajstić information content (AvgIpc) is 2.71. The highest BCUT2D eigenvalue weighted by atomic mass is 16.6. The van der Waals surface area contributed by atoms with Crippen molar-refractivity contribution in [2.45, 2.75) is 6.10 Å². The van der Waals surface area contributed by atoms with Crippen LogP contribution in [0.2, 0.25) is 0 Å². The molecular weight excluding hydrogens is 370 g/mol. The van der Waals surface area contributed by atoms with Gasteiger partial charge in [-0.25, -0.2) is 9.59 Å². The van der Waals surface area contributed by atoms with Gasteiger partial charge in [-0.05, 0) is 6.07 Å². The quantitative estimate of drug-likeness (QED) is 0.419. The van der Waals surface area contributed by atoms with Gasteiger partial charge in [0.1, 0.15) is 0 Å². The van der Waals surface area contributed by atoms with Crippen molar-refractivity contribution in [2.24, 2.45) is 0 Å². The van der Waals surface area contributed by atoms with Crippen molar-refractivity contribution < 1.29 is 28.8 Å². The third-order valence-corrected chi connectivity index (χ3v) is 3.46. The van der Waals surface area contributed by atoms with Crippen molar-refractivity contribution in [3.63, 3.8) is 0 Å². The zero-order valence-electron chi connectivity index (χ0n) is 14.8. The number of para-hydroxylation sites is 2. The van der Waals surface area contributed by atoms with Gasteiger partial charge in [-0.15, -0.1) is 0 Å². The first-order valence-corrected chi connectivity index (χ1v) is 8.05. The molecule has 0 aromatic heterocycles. The Morgan fingerprint density at radius 3 is 2.36 bits per heavy atom. The molecule has 2 rings (SSSR count). The molecule has 10 nitrogen and oxygen atoms in total. The van der Waals surface area contributed by atoms with Crippen LogP contribution >= 0.6 is 0 Å². The Morgan fingerprint density at radius 1 is 1.07 bits per heavy atom. The van der Waals surface area contributed by atoms with E-state index in [1.54, 1.807) is 30.3 Å². The monoisotopic (exact) mass is 387 g/mol. The van der Waals surface area contributed by atoms with Gasteiger partial charge in [-0.1, -0.05) is 42.5 Å². The summed E-state index contributed by atoms with van der Waals surface area (Å²) in [5, 5.41) is 15.2. The highest BCUT2D eigenvalue weighted by Crippen LogP contribution is 2.26. The van der Waals surface area contributed by atoms with E-state index in [1.807, 2.05) is 5.32 Å². The van der Waals surface area contributed by atoms with Gasteiger partial charge in [-0.2, -0.15) is 0 Å². The van der Waals surface area contributed by atoms with Crippen LogP contribution in [0.15, 0.2) is 54.6 Å². The number of nitrogens with one attached hydrogen (secondary N) is 2. The summed E-state index contributed by atoms with van der Waals surface area (Å²) >= 11 is 0. The van der Waals surface area contributed by atoms with E-state index in [9.17, 15) is 24.5 Å². The Labute approximate surface area is 159 Å². The molecule has 0 aliphatic carbocycles. The van der Waals surface area contributed by atoms with Crippen molar-refractivity contribution >= 4 is 23.6 Å². The standard InChI is InChI=1S/C18H17N3O7/c1-19-18(24)20-17(23)16(12-7-3-2-4-8-12)28-15(22)11-27-14-10-6-5-9-13(14)21(25)26/h2-10,16H,11H2,1H3,(H2,19,20,23,24)/t16-/m0/s1. The Hall–Kier alpha value is -3.95. The predicted octanol–water partition coefficient (Wildman–Crippen LogP) is 1.71. The second-order valence-electron chi connectivity index (χ2n) is 5.36. The zero-order valence-corrected chi connectivity index (χ0v) is 14.8. The molecule has 0 radical (unpaired) electrons. The maximum atomic E-state index is 12.3. The van der Waals surface area contributed by atoms with Crippen molar-refractivity contribution in [2.75, 3.05) is 13.7 Å². The topological polar surface area (TPSA) is 137 Å². The van der Waals surface area contributed by atoms with Gasteiger partial charge in [0.05, 0.1) is 4.92 Å². The smallest absolute Gasteiger partial charge is 0.345 e. The summed E-state index contributed by atoms with van der Waals surface area (Å²) in [6, 6.07) is 12.8. The van der Waals surface area contributed by atoms with E-state index < -0.39 is 35.5 Å². The van der Waals surface area contributed by atoms with Crippen molar-refractivity contribution in [3.05, 3.63) is 70.3 Å². The lowest BCUT2D eigenvalue weighted by atomic mass is 10.1. The molecule has 0 bridgehead atoms. The van der Waals surface area contributed by atoms with E-state index in [4.69, 9.17) is 9.47 Å². The molecule has 10 heteroatoms. The molecule has 0 unspecified atom stereocenters. The fraction of sp³-hybridized carbons (Fsp3) is 0.167. The van der Waals surface area contributed by atoms with Crippen LogP contribution in [0.25, 0.3) is 0 Å². The van der Waals surface area contributed by atoms with E-state index in [-0.39, 0.29) is 11.4 Å². The van der Waals surface area contributed by atoms with Gasteiger partial charge in [0.15, 0.2) is 12.4 Å². The molecule has 3 amide bonds. The van der Waals surface area contributed by atoms with Gasteiger partial charge in [0.2, 0.25) is 6.10 Å². The molecule has 0 saturated heterocycles. The number of imide groups is 1. The van der Waals surface area contributed by atoms with Crippen LogP contribution in [0, 0.1) is 10.1 Å². The van der Waals surface area contributed by atoms with Crippen LogP contribution in [-0.2, 0) is 14.3 Å². The second kappa shape index (κ2) is 9.67. The third kappa shape index (κ3) is 5.53. The number of hydrogen-bond donors (Lipinski definition) is 2. The first-order valence-electron chi connectivity index (χ1n) is 8.05. The summed E-state index contributed by atoms with van der Waals surface area (Å²) in [7, 11) is 1.33. The fourth-order valence-corrected chi connectivity index (χ4v) is 2.17. The third-order valence-electron chi connectivity index (χ3n) is 3.46. The Morgan fingerprint density at radius 2 is 1.71 bits per heavy atom. The van der Waals surface area contributed by atoms with Gasteiger partial charge in [-0.3, -0.25) is 20.2 Å². The zero-order chi connectivity index (χ0) is 20.5. The highest BCUT2D eigenvalue weighted by Gasteiger charge is 2.27. The SMILES string of the molecule is CNC(=O)NC(=O)[C@@H](OC(=O)COc1ccccc1[N+](=O)[O-])c1ccccc1. The molecule has 0 heterocycles. The van der Waals surface area contributed by atoms with Crippen molar-refractivity contribution in [1.82, 2.24) is 10.6 Å². The molecule has 2 N–H and O–H groups in total.